The van der Waals surface area contributed by atoms with E-state index in [1.807, 2.05) is 0 Å². The van der Waals surface area contributed by atoms with Gasteiger partial charge in [0.15, 0.2) is 4.77 Å². The molecule has 0 saturated heterocycles. The number of hydrogen-bond donors (Lipinski definition) is 1. The van der Waals surface area contributed by atoms with Crippen LogP contribution >= 0.6 is 12.2 Å². The summed E-state index contributed by atoms with van der Waals surface area (Å²) >= 11 is 5.25. The van der Waals surface area contributed by atoms with Crippen LogP contribution in [0.2, 0.25) is 0 Å². The number of ether oxygens (including phenoxy) is 2. The lowest BCUT2D eigenvalue weighted by atomic mass is 10.1. The Morgan fingerprint density at radius 2 is 1.92 bits per heavy atom. The van der Waals surface area contributed by atoms with E-state index in [0.29, 0.717) is 16.9 Å². The molecule has 0 atom stereocenters. The van der Waals surface area contributed by atoms with Crippen LogP contribution in [0, 0.1) is 4.77 Å². The molecule has 0 saturated carbocycles. The van der Waals surface area contributed by atoms with Crippen molar-refractivity contribution in [3.63, 3.8) is 0 Å². The minimum absolute atomic E-state index is 0.256. The fourth-order valence-electron chi connectivity index (χ4n) is 2.38. The van der Waals surface area contributed by atoms with E-state index in [1.165, 1.54) is 0 Å². The van der Waals surface area contributed by atoms with Gasteiger partial charge in [-0.25, -0.2) is 4.79 Å². The summed E-state index contributed by atoms with van der Waals surface area (Å²) in [6.45, 7) is 9.00. The molecule has 1 aromatic carbocycles. The largest absolute Gasteiger partial charge is 0.497 e. The number of aromatic amines is 1. The van der Waals surface area contributed by atoms with Crippen LogP contribution in [0.4, 0.5) is 0 Å². The number of esters is 1. The van der Waals surface area contributed by atoms with Gasteiger partial charge in [0.1, 0.15) is 11.4 Å². The zero-order valence-electron chi connectivity index (χ0n) is 15.3. The molecule has 1 N–H and O–H groups in total. The van der Waals surface area contributed by atoms with E-state index in [1.54, 1.807) is 62.9 Å². The Hall–Kier alpha value is -2.67. The van der Waals surface area contributed by atoms with Gasteiger partial charge in [-0.15, -0.1) is 0 Å². The minimum atomic E-state index is -0.830. The van der Waals surface area contributed by atoms with Crippen molar-refractivity contribution in [2.45, 2.75) is 32.9 Å². The van der Waals surface area contributed by atoms with E-state index in [0.717, 1.165) is 5.56 Å². The maximum atomic E-state index is 12.3. The standard InChI is InChI=1S/C19H22N2O4S/c1-12(2)17(23)25-19(3,4)11-21-10-15(16(22)20-18(21)26)13-6-8-14(24-5)9-7-13/h6-10H,1,11H2,2-5H3,(H,20,22,26). The van der Waals surface area contributed by atoms with E-state index in [4.69, 9.17) is 21.7 Å². The SMILES string of the molecule is C=C(C)C(=O)OC(C)(C)Cn1cc(-c2ccc(OC)cc2)c(=O)[nH]c1=S. The van der Waals surface area contributed by atoms with Crippen molar-refractivity contribution in [3.05, 3.63) is 57.7 Å². The Kier molecular flexibility index (Phi) is 5.82. The van der Waals surface area contributed by atoms with Gasteiger partial charge < -0.3 is 14.0 Å². The average molecular weight is 374 g/mol. The van der Waals surface area contributed by atoms with Crippen molar-refractivity contribution in [1.82, 2.24) is 9.55 Å². The maximum Gasteiger partial charge on any atom is 0.333 e. The molecule has 0 aliphatic heterocycles. The molecule has 0 amide bonds. The predicted molar refractivity (Wildman–Crippen MR) is 103 cm³/mol. The number of hydrogen-bond acceptors (Lipinski definition) is 5. The van der Waals surface area contributed by atoms with Crippen LogP contribution in [0.3, 0.4) is 0 Å². The quantitative estimate of drug-likeness (QED) is 0.476. The Balaban J connectivity index is 2.38. The van der Waals surface area contributed by atoms with Gasteiger partial charge in [0.2, 0.25) is 0 Å². The van der Waals surface area contributed by atoms with E-state index >= 15 is 0 Å². The van der Waals surface area contributed by atoms with Crippen molar-refractivity contribution in [2.24, 2.45) is 0 Å². The summed E-state index contributed by atoms with van der Waals surface area (Å²) in [6.07, 6.45) is 1.67. The van der Waals surface area contributed by atoms with Gasteiger partial charge in [0.05, 0.1) is 19.2 Å². The summed E-state index contributed by atoms with van der Waals surface area (Å²) in [4.78, 5) is 26.8. The van der Waals surface area contributed by atoms with Crippen LogP contribution in [0.25, 0.3) is 11.1 Å². The first-order valence-corrected chi connectivity index (χ1v) is 8.41. The zero-order chi connectivity index (χ0) is 19.5. The first-order valence-electron chi connectivity index (χ1n) is 8.00. The monoisotopic (exact) mass is 374 g/mol. The summed E-state index contributed by atoms with van der Waals surface area (Å²) < 4.78 is 12.5. The molecule has 0 aliphatic carbocycles. The molecule has 138 valence electrons. The Morgan fingerprint density at radius 3 is 2.46 bits per heavy atom. The molecule has 0 fully saturated rings. The molecule has 1 aromatic heterocycles. The first kappa shape index (κ1) is 19.7. The zero-order valence-corrected chi connectivity index (χ0v) is 16.1. The van der Waals surface area contributed by atoms with Gasteiger partial charge in [0.25, 0.3) is 5.56 Å². The smallest absolute Gasteiger partial charge is 0.333 e. The molecule has 2 aromatic rings. The fourth-order valence-corrected chi connectivity index (χ4v) is 2.59. The predicted octanol–water partition coefficient (Wildman–Crippen LogP) is 3.48. The highest BCUT2D eigenvalue weighted by molar-refractivity contribution is 7.71. The van der Waals surface area contributed by atoms with Gasteiger partial charge in [-0.3, -0.25) is 9.78 Å². The summed E-state index contributed by atoms with van der Waals surface area (Å²) in [5.74, 6) is 0.229. The van der Waals surface area contributed by atoms with Crippen molar-refractivity contribution in [2.75, 3.05) is 7.11 Å². The van der Waals surface area contributed by atoms with Crippen molar-refractivity contribution in [1.29, 1.82) is 0 Å². The summed E-state index contributed by atoms with van der Waals surface area (Å²) in [7, 11) is 1.58. The van der Waals surface area contributed by atoms with Crippen LogP contribution in [0.15, 0.2) is 47.4 Å². The first-order chi connectivity index (χ1) is 12.1. The molecule has 0 aliphatic rings. The number of H-pyrrole nitrogens is 1. The van der Waals surface area contributed by atoms with Gasteiger partial charge in [-0.2, -0.15) is 0 Å². The number of nitrogens with one attached hydrogen (secondary N) is 1. The number of carbonyl (C=O) groups is 1. The van der Waals surface area contributed by atoms with Crippen LogP contribution in [-0.2, 0) is 16.1 Å². The van der Waals surface area contributed by atoms with E-state index in [2.05, 4.69) is 11.6 Å². The highest BCUT2D eigenvalue weighted by Gasteiger charge is 2.24. The highest BCUT2D eigenvalue weighted by atomic mass is 32.1. The molecule has 0 radical (unpaired) electrons. The van der Waals surface area contributed by atoms with E-state index in [-0.39, 0.29) is 16.9 Å². The normalized spacial score (nSPS) is 11.1. The molecule has 0 spiro atoms. The third kappa shape index (κ3) is 4.70. The van der Waals surface area contributed by atoms with E-state index < -0.39 is 11.6 Å². The second-order valence-corrected chi connectivity index (χ2v) is 6.97. The molecule has 0 unspecified atom stereocenters. The maximum absolute atomic E-state index is 12.3. The molecule has 6 nitrogen and oxygen atoms in total. The van der Waals surface area contributed by atoms with Crippen LogP contribution < -0.4 is 10.3 Å². The second-order valence-electron chi connectivity index (χ2n) is 6.59. The number of aromatic nitrogens is 2. The van der Waals surface area contributed by atoms with Gasteiger partial charge in [-0.1, -0.05) is 18.7 Å². The number of nitrogens with zero attached hydrogens (tertiary/aromatic N) is 1. The van der Waals surface area contributed by atoms with Crippen LogP contribution in [-0.4, -0.2) is 28.2 Å². The molecule has 26 heavy (non-hydrogen) atoms. The lowest BCUT2D eigenvalue weighted by Gasteiger charge is -2.26. The Morgan fingerprint density at radius 1 is 1.31 bits per heavy atom. The van der Waals surface area contributed by atoms with Gasteiger partial charge >= 0.3 is 5.97 Å². The third-order valence-corrected chi connectivity index (χ3v) is 4.02. The molecule has 2 rings (SSSR count). The van der Waals surface area contributed by atoms with Crippen molar-refractivity contribution >= 4 is 18.2 Å². The van der Waals surface area contributed by atoms with Gasteiger partial charge in [0, 0.05) is 11.8 Å². The Labute approximate surface area is 157 Å². The molecular weight excluding hydrogens is 352 g/mol. The van der Waals surface area contributed by atoms with Crippen LogP contribution in [0.1, 0.15) is 20.8 Å². The lowest BCUT2D eigenvalue weighted by molar-refractivity contribution is -0.152. The fraction of sp³-hybridized carbons (Fsp3) is 0.316. The van der Waals surface area contributed by atoms with Crippen LogP contribution in [0.5, 0.6) is 5.75 Å². The number of rotatable bonds is 6. The minimum Gasteiger partial charge on any atom is -0.497 e. The molecule has 1 heterocycles. The molecule has 7 heteroatoms. The summed E-state index contributed by atoms with van der Waals surface area (Å²) in [6, 6.07) is 7.14. The average Bonchev–Trinajstić information content (AvgIpc) is 2.57. The summed E-state index contributed by atoms with van der Waals surface area (Å²) in [5.41, 5.74) is 0.398. The molecular formula is C19H22N2O4S. The Bertz CT molecular complexity index is 939. The topological polar surface area (TPSA) is 73.3 Å². The number of benzene rings is 1. The van der Waals surface area contributed by atoms with Crippen molar-refractivity contribution < 1.29 is 14.3 Å². The lowest BCUT2D eigenvalue weighted by Crippen LogP contribution is -2.34. The van der Waals surface area contributed by atoms with Crippen molar-refractivity contribution in [3.8, 4) is 16.9 Å². The number of methoxy groups -OCH3 is 1. The second kappa shape index (κ2) is 7.70. The molecule has 0 bridgehead atoms. The van der Waals surface area contributed by atoms with E-state index in [9.17, 15) is 9.59 Å². The summed E-state index contributed by atoms with van der Waals surface area (Å²) in [5, 5.41) is 0. The highest BCUT2D eigenvalue weighted by Crippen LogP contribution is 2.21. The van der Waals surface area contributed by atoms with Gasteiger partial charge in [-0.05, 0) is 50.7 Å². The third-order valence-electron chi connectivity index (χ3n) is 3.68. The number of carbonyl (C=O) groups excluding carboxylic acids is 1.